The van der Waals surface area contributed by atoms with Crippen molar-refractivity contribution >= 4 is 15.9 Å². The van der Waals surface area contributed by atoms with E-state index in [1.165, 1.54) is 48.8 Å². The van der Waals surface area contributed by atoms with Crippen molar-refractivity contribution in [2.45, 2.75) is 31.2 Å². The Balaban J connectivity index is 2.01. The first-order valence-corrected chi connectivity index (χ1v) is 6.62. The van der Waals surface area contributed by atoms with Crippen LogP contribution in [0.25, 0.3) is 0 Å². The quantitative estimate of drug-likeness (QED) is 0.751. The molecule has 1 aromatic carbocycles. The first-order valence-electron chi connectivity index (χ1n) is 5.82. The molecule has 0 radical (unpaired) electrons. The predicted octanol–water partition coefficient (Wildman–Crippen LogP) is 3.53. The van der Waals surface area contributed by atoms with Gasteiger partial charge in [0.15, 0.2) is 0 Å². The summed E-state index contributed by atoms with van der Waals surface area (Å²) in [6.07, 6.45) is 5.45. The normalized spacial score (nSPS) is 24.3. The molecule has 0 unspecified atom stereocenters. The summed E-state index contributed by atoms with van der Waals surface area (Å²) in [5.74, 6) is 0. The maximum absolute atomic E-state index is 3.51. The molecule has 2 saturated heterocycles. The molecule has 2 aliphatic heterocycles. The first-order chi connectivity index (χ1) is 7.31. The summed E-state index contributed by atoms with van der Waals surface area (Å²) in [6.45, 7) is 2.60. The fourth-order valence-corrected chi connectivity index (χ4v) is 3.60. The average molecular weight is 266 g/mol. The molecule has 2 heteroatoms. The van der Waals surface area contributed by atoms with Crippen molar-refractivity contribution in [2.75, 3.05) is 13.1 Å². The molecule has 0 saturated carbocycles. The summed E-state index contributed by atoms with van der Waals surface area (Å²) in [5.41, 5.74) is 1.93. The molecule has 2 heterocycles. The van der Waals surface area contributed by atoms with E-state index in [1.54, 1.807) is 0 Å². The molecular formula is C13H16BrN. The molecule has 0 N–H and O–H groups in total. The van der Waals surface area contributed by atoms with Crippen LogP contribution < -0.4 is 0 Å². The molecule has 2 aliphatic rings. The highest BCUT2D eigenvalue weighted by Gasteiger charge is 2.45. The van der Waals surface area contributed by atoms with Crippen LogP contribution in [0.5, 0.6) is 0 Å². The van der Waals surface area contributed by atoms with Crippen molar-refractivity contribution in [3.8, 4) is 0 Å². The van der Waals surface area contributed by atoms with Gasteiger partial charge >= 0.3 is 0 Å². The Morgan fingerprint density at radius 1 is 1.00 bits per heavy atom. The van der Waals surface area contributed by atoms with Crippen LogP contribution in [0.2, 0.25) is 0 Å². The summed E-state index contributed by atoms with van der Waals surface area (Å²) in [5, 5.41) is 0. The Morgan fingerprint density at radius 2 is 1.60 bits per heavy atom. The summed E-state index contributed by atoms with van der Waals surface area (Å²) >= 11 is 3.51. The van der Waals surface area contributed by atoms with E-state index < -0.39 is 0 Å². The molecule has 1 nitrogen and oxygen atoms in total. The molecule has 0 spiro atoms. The molecule has 0 bridgehead atoms. The molecule has 0 aliphatic carbocycles. The van der Waals surface area contributed by atoms with Crippen molar-refractivity contribution in [1.29, 1.82) is 0 Å². The van der Waals surface area contributed by atoms with Crippen molar-refractivity contribution < 1.29 is 0 Å². The SMILES string of the molecule is Brc1ccc(C23CCCN2CCC3)cc1. The zero-order valence-electron chi connectivity index (χ0n) is 8.88. The van der Waals surface area contributed by atoms with Crippen LogP contribution in [0.4, 0.5) is 0 Å². The van der Waals surface area contributed by atoms with Gasteiger partial charge in [-0.15, -0.1) is 0 Å². The number of halogens is 1. The van der Waals surface area contributed by atoms with Gasteiger partial charge < -0.3 is 0 Å². The van der Waals surface area contributed by atoms with Gasteiger partial charge in [-0.1, -0.05) is 28.1 Å². The third-order valence-electron chi connectivity index (χ3n) is 4.02. The lowest BCUT2D eigenvalue weighted by Crippen LogP contribution is -2.35. The topological polar surface area (TPSA) is 3.24 Å². The lowest BCUT2D eigenvalue weighted by Gasteiger charge is -2.32. The Bertz CT molecular complexity index is 347. The highest BCUT2D eigenvalue weighted by Crippen LogP contribution is 2.46. The van der Waals surface area contributed by atoms with E-state index in [0.29, 0.717) is 5.54 Å². The van der Waals surface area contributed by atoms with Crippen molar-refractivity contribution in [3.63, 3.8) is 0 Å². The Labute approximate surface area is 99.6 Å². The number of nitrogens with zero attached hydrogens (tertiary/aromatic N) is 1. The zero-order valence-corrected chi connectivity index (χ0v) is 10.5. The largest absolute Gasteiger partial charge is 0.294 e. The second kappa shape index (κ2) is 3.60. The van der Waals surface area contributed by atoms with Crippen LogP contribution in [-0.2, 0) is 5.54 Å². The van der Waals surface area contributed by atoms with E-state index in [1.807, 2.05) is 0 Å². The van der Waals surface area contributed by atoms with E-state index >= 15 is 0 Å². The molecule has 1 aromatic rings. The van der Waals surface area contributed by atoms with Crippen LogP contribution in [0.1, 0.15) is 31.2 Å². The van der Waals surface area contributed by atoms with Crippen molar-refractivity contribution in [1.82, 2.24) is 4.90 Å². The predicted molar refractivity (Wildman–Crippen MR) is 65.9 cm³/mol. The lowest BCUT2D eigenvalue weighted by molar-refractivity contribution is 0.197. The van der Waals surface area contributed by atoms with Crippen LogP contribution in [0, 0.1) is 0 Å². The minimum atomic E-state index is 0.403. The molecule has 0 amide bonds. The molecule has 3 rings (SSSR count). The van der Waals surface area contributed by atoms with Gasteiger partial charge in [0, 0.05) is 10.0 Å². The number of hydrogen-bond acceptors (Lipinski definition) is 1. The van der Waals surface area contributed by atoms with Gasteiger partial charge in [-0.25, -0.2) is 0 Å². The smallest absolute Gasteiger partial charge is 0.0461 e. The highest BCUT2D eigenvalue weighted by molar-refractivity contribution is 9.10. The molecule has 80 valence electrons. The van der Waals surface area contributed by atoms with Crippen molar-refractivity contribution in [3.05, 3.63) is 34.3 Å². The second-order valence-electron chi connectivity index (χ2n) is 4.73. The molecular weight excluding hydrogens is 250 g/mol. The maximum Gasteiger partial charge on any atom is 0.0461 e. The van der Waals surface area contributed by atoms with E-state index in [2.05, 4.69) is 45.1 Å². The summed E-state index contributed by atoms with van der Waals surface area (Å²) in [4.78, 5) is 2.69. The van der Waals surface area contributed by atoms with E-state index in [0.717, 1.165) is 0 Å². The Hall–Kier alpha value is -0.340. The van der Waals surface area contributed by atoms with E-state index in [4.69, 9.17) is 0 Å². The third kappa shape index (κ3) is 1.46. The van der Waals surface area contributed by atoms with Crippen LogP contribution in [-0.4, -0.2) is 18.0 Å². The Morgan fingerprint density at radius 3 is 2.20 bits per heavy atom. The van der Waals surface area contributed by atoms with Gasteiger partial charge in [0.2, 0.25) is 0 Å². The van der Waals surface area contributed by atoms with E-state index in [9.17, 15) is 0 Å². The second-order valence-corrected chi connectivity index (χ2v) is 5.65. The molecule has 15 heavy (non-hydrogen) atoms. The molecule has 0 atom stereocenters. The maximum atomic E-state index is 3.51. The zero-order chi connectivity index (χ0) is 10.3. The van der Waals surface area contributed by atoms with Gasteiger partial charge in [0.05, 0.1) is 0 Å². The number of rotatable bonds is 1. The number of benzene rings is 1. The van der Waals surface area contributed by atoms with Crippen LogP contribution in [0.3, 0.4) is 0 Å². The van der Waals surface area contributed by atoms with Gasteiger partial charge in [-0.05, 0) is 56.5 Å². The fourth-order valence-electron chi connectivity index (χ4n) is 3.34. The fraction of sp³-hybridized carbons (Fsp3) is 0.538. The van der Waals surface area contributed by atoms with Gasteiger partial charge in [-0.3, -0.25) is 4.90 Å². The van der Waals surface area contributed by atoms with Crippen LogP contribution in [0.15, 0.2) is 28.7 Å². The number of fused-ring (bicyclic) bond motifs is 1. The minimum Gasteiger partial charge on any atom is -0.294 e. The van der Waals surface area contributed by atoms with E-state index in [-0.39, 0.29) is 0 Å². The van der Waals surface area contributed by atoms with Gasteiger partial charge in [-0.2, -0.15) is 0 Å². The lowest BCUT2D eigenvalue weighted by atomic mass is 9.86. The van der Waals surface area contributed by atoms with Gasteiger partial charge in [0.25, 0.3) is 0 Å². The number of hydrogen-bond donors (Lipinski definition) is 0. The summed E-state index contributed by atoms with van der Waals surface area (Å²) < 4.78 is 1.19. The highest BCUT2D eigenvalue weighted by atomic mass is 79.9. The first kappa shape index (κ1) is 9.86. The Kier molecular flexibility index (Phi) is 2.37. The summed E-state index contributed by atoms with van der Waals surface area (Å²) in [7, 11) is 0. The third-order valence-corrected chi connectivity index (χ3v) is 4.55. The minimum absolute atomic E-state index is 0.403. The average Bonchev–Trinajstić information content (AvgIpc) is 2.77. The monoisotopic (exact) mass is 265 g/mol. The standard InChI is InChI=1S/C13H16BrN/c14-12-5-3-11(4-6-12)13-7-1-9-15(13)10-2-8-13/h3-6H,1-2,7-10H2. The van der Waals surface area contributed by atoms with Gasteiger partial charge in [0.1, 0.15) is 0 Å². The van der Waals surface area contributed by atoms with Crippen molar-refractivity contribution in [2.24, 2.45) is 0 Å². The summed E-state index contributed by atoms with van der Waals surface area (Å²) in [6, 6.07) is 8.96. The molecule has 2 fully saturated rings. The van der Waals surface area contributed by atoms with Crippen LogP contribution >= 0.6 is 15.9 Å². The molecule has 0 aromatic heterocycles.